The lowest BCUT2D eigenvalue weighted by Crippen LogP contribution is -2.09. The first-order valence-electron chi connectivity index (χ1n) is 6.90. The number of hydrogen-bond donors (Lipinski definition) is 1. The fraction of sp³-hybridized carbons (Fsp3) is 0.571. The number of thiophene rings is 1. The Morgan fingerprint density at radius 1 is 1.32 bits per heavy atom. The molecule has 2 heterocycles. The van der Waals surface area contributed by atoms with Gasteiger partial charge in [0.05, 0.1) is 11.1 Å². The van der Waals surface area contributed by atoms with Crippen molar-refractivity contribution in [3.8, 4) is 0 Å². The first-order chi connectivity index (χ1) is 9.36. The van der Waals surface area contributed by atoms with E-state index in [2.05, 4.69) is 26.7 Å². The molecule has 0 saturated heterocycles. The Morgan fingerprint density at radius 2 is 2.16 bits per heavy atom. The molecule has 2 aromatic heterocycles. The molecule has 0 amide bonds. The van der Waals surface area contributed by atoms with Crippen LogP contribution in [-0.4, -0.2) is 22.3 Å². The van der Waals surface area contributed by atoms with Crippen LogP contribution in [0.15, 0.2) is 11.4 Å². The summed E-state index contributed by atoms with van der Waals surface area (Å²) < 4.78 is 0. The molecule has 1 aliphatic carbocycles. The predicted octanol–water partition coefficient (Wildman–Crippen LogP) is 4.30. The second kappa shape index (κ2) is 6.09. The van der Waals surface area contributed by atoms with Crippen LogP contribution in [0, 0.1) is 0 Å². The number of fused-ring (bicyclic) bond motifs is 1. The third-order valence-electron chi connectivity index (χ3n) is 3.61. The molecule has 5 heteroatoms. The summed E-state index contributed by atoms with van der Waals surface area (Å²) in [5, 5.41) is 7.21. The van der Waals surface area contributed by atoms with Gasteiger partial charge in [-0.25, -0.2) is 9.97 Å². The van der Waals surface area contributed by atoms with Gasteiger partial charge in [-0.1, -0.05) is 19.3 Å². The van der Waals surface area contributed by atoms with Crippen LogP contribution < -0.4 is 5.32 Å². The number of rotatable bonds is 4. The van der Waals surface area contributed by atoms with E-state index in [1.807, 2.05) is 18.8 Å². The number of nitrogens with one attached hydrogen (secondary N) is 1. The zero-order valence-electron chi connectivity index (χ0n) is 11.2. The Hall–Kier alpha value is -0.810. The van der Waals surface area contributed by atoms with Gasteiger partial charge in [-0.2, -0.15) is 11.8 Å². The van der Waals surface area contributed by atoms with Crippen molar-refractivity contribution in [3.63, 3.8) is 0 Å². The summed E-state index contributed by atoms with van der Waals surface area (Å²) in [5.74, 6) is 2.87. The molecular formula is C14H19N3S2. The minimum absolute atomic E-state index is 0.814. The molecule has 0 spiro atoms. The van der Waals surface area contributed by atoms with Crippen molar-refractivity contribution in [2.24, 2.45) is 0 Å². The van der Waals surface area contributed by atoms with Crippen molar-refractivity contribution in [2.45, 2.75) is 43.1 Å². The molecule has 3 nitrogen and oxygen atoms in total. The Bertz CT molecular complexity index is 547. The van der Waals surface area contributed by atoms with Crippen molar-refractivity contribution >= 4 is 39.1 Å². The molecular weight excluding hydrogens is 274 g/mol. The van der Waals surface area contributed by atoms with E-state index < -0.39 is 0 Å². The van der Waals surface area contributed by atoms with Gasteiger partial charge in [0.2, 0.25) is 0 Å². The first kappa shape index (κ1) is 13.2. The fourth-order valence-corrected chi connectivity index (χ4v) is 4.54. The van der Waals surface area contributed by atoms with Crippen molar-refractivity contribution in [3.05, 3.63) is 17.3 Å². The predicted molar refractivity (Wildman–Crippen MR) is 85.1 cm³/mol. The molecule has 1 fully saturated rings. The molecule has 1 aliphatic rings. The zero-order chi connectivity index (χ0) is 13.1. The second-order valence-corrected chi connectivity index (χ2v) is 7.13. The van der Waals surface area contributed by atoms with Crippen LogP contribution in [0.4, 0.5) is 5.82 Å². The van der Waals surface area contributed by atoms with E-state index in [1.165, 1.54) is 32.1 Å². The summed E-state index contributed by atoms with van der Waals surface area (Å²) in [7, 11) is 1.93. The van der Waals surface area contributed by atoms with Crippen LogP contribution in [0.25, 0.3) is 10.2 Å². The molecule has 0 atom stereocenters. The van der Waals surface area contributed by atoms with Crippen LogP contribution in [0.5, 0.6) is 0 Å². The highest BCUT2D eigenvalue weighted by molar-refractivity contribution is 7.99. The van der Waals surface area contributed by atoms with Gasteiger partial charge in [-0.15, -0.1) is 11.3 Å². The molecule has 19 heavy (non-hydrogen) atoms. The van der Waals surface area contributed by atoms with E-state index in [9.17, 15) is 0 Å². The van der Waals surface area contributed by atoms with E-state index >= 15 is 0 Å². The van der Waals surface area contributed by atoms with Crippen LogP contribution in [0.2, 0.25) is 0 Å². The number of hydrogen-bond acceptors (Lipinski definition) is 5. The standard InChI is InChI=1S/C14H19N3S2/c1-15-13-11-7-8-18-14(11)17-12(16-13)9-19-10-5-3-2-4-6-10/h7-8,10H,2-6,9H2,1H3,(H,15,16,17). The van der Waals surface area contributed by atoms with Gasteiger partial charge in [-0.05, 0) is 24.3 Å². The summed E-state index contributed by atoms with van der Waals surface area (Å²) in [4.78, 5) is 10.4. The van der Waals surface area contributed by atoms with Crippen LogP contribution in [0.3, 0.4) is 0 Å². The molecule has 0 bridgehead atoms. The average molecular weight is 293 g/mol. The van der Waals surface area contributed by atoms with Gasteiger partial charge >= 0.3 is 0 Å². The van der Waals surface area contributed by atoms with Crippen molar-refractivity contribution in [2.75, 3.05) is 12.4 Å². The van der Waals surface area contributed by atoms with Crippen LogP contribution >= 0.6 is 23.1 Å². The van der Waals surface area contributed by atoms with Gasteiger partial charge in [0.1, 0.15) is 16.5 Å². The number of thioether (sulfide) groups is 1. The molecule has 1 N–H and O–H groups in total. The SMILES string of the molecule is CNc1nc(CSC2CCCCC2)nc2sccc12. The Kier molecular flexibility index (Phi) is 4.23. The summed E-state index contributed by atoms with van der Waals surface area (Å²) in [6.45, 7) is 0. The van der Waals surface area contributed by atoms with Gasteiger partial charge in [0.15, 0.2) is 0 Å². The Balaban J connectivity index is 1.73. The molecule has 3 rings (SSSR count). The number of anilines is 1. The highest BCUT2D eigenvalue weighted by Gasteiger charge is 2.15. The van der Waals surface area contributed by atoms with Crippen molar-refractivity contribution < 1.29 is 0 Å². The highest BCUT2D eigenvalue weighted by atomic mass is 32.2. The third-order valence-corrected chi connectivity index (χ3v) is 5.78. The van der Waals surface area contributed by atoms with Crippen LogP contribution in [0.1, 0.15) is 37.9 Å². The van der Waals surface area contributed by atoms with E-state index in [0.717, 1.165) is 32.9 Å². The minimum atomic E-state index is 0.814. The van der Waals surface area contributed by atoms with Crippen molar-refractivity contribution in [1.29, 1.82) is 0 Å². The van der Waals surface area contributed by atoms with E-state index in [0.29, 0.717) is 0 Å². The monoisotopic (exact) mass is 293 g/mol. The Morgan fingerprint density at radius 3 is 2.95 bits per heavy atom. The van der Waals surface area contributed by atoms with E-state index in [-0.39, 0.29) is 0 Å². The van der Waals surface area contributed by atoms with Gasteiger partial charge in [0.25, 0.3) is 0 Å². The summed E-state index contributed by atoms with van der Waals surface area (Å²) >= 11 is 3.72. The van der Waals surface area contributed by atoms with Gasteiger partial charge in [-0.3, -0.25) is 0 Å². The minimum Gasteiger partial charge on any atom is -0.372 e. The molecule has 0 aromatic carbocycles. The molecule has 0 unspecified atom stereocenters. The zero-order valence-corrected chi connectivity index (χ0v) is 12.8. The summed E-state index contributed by atoms with van der Waals surface area (Å²) in [6, 6.07) is 2.09. The van der Waals surface area contributed by atoms with E-state index in [4.69, 9.17) is 0 Å². The van der Waals surface area contributed by atoms with E-state index in [1.54, 1.807) is 11.3 Å². The smallest absolute Gasteiger partial charge is 0.142 e. The molecule has 0 aliphatic heterocycles. The summed E-state index contributed by atoms with van der Waals surface area (Å²) in [5.41, 5.74) is 0. The number of aromatic nitrogens is 2. The molecule has 0 radical (unpaired) electrons. The number of nitrogens with zero attached hydrogens (tertiary/aromatic N) is 2. The van der Waals surface area contributed by atoms with Gasteiger partial charge in [0, 0.05) is 12.3 Å². The van der Waals surface area contributed by atoms with Crippen LogP contribution in [-0.2, 0) is 5.75 Å². The maximum Gasteiger partial charge on any atom is 0.142 e. The van der Waals surface area contributed by atoms with Gasteiger partial charge < -0.3 is 5.32 Å². The highest BCUT2D eigenvalue weighted by Crippen LogP contribution is 2.31. The fourth-order valence-electron chi connectivity index (χ4n) is 2.58. The lowest BCUT2D eigenvalue weighted by atomic mass is 10.0. The Labute approximate surface area is 122 Å². The maximum absolute atomic E-state index is 4.67. The largest absolute Gasteiger partial charge is 0.372 e. The molecule has 1 saturated carbocycles. The molecule has 2 aromatic rings. The molecule has 102 valence electrons. The normalized spacial score (nSPS) is 16.9. The topological polar surface area (TPSA) is 37.8 Å². The summed E-state index contributed by atoms with van der Waals surface area (Å²) in [6.07, 6.45) is 6.93. The van der Waals surface area contributed by atoms with Crippen molar-refractivity contribution in [1.82, 2.24) is 9.97 Å². The average Bonchev–Trinajstić information content (AvgIpc) is 2.93. The lowest BCUT2D eigenvalue weighted by molar-refractivity contribution is 0.516. The second-order valence-electron chi connectivity index (χ2n) is 4.95. The lowest BCUT2D eigenvalue weighted by Gasteiger charge is -2.20. The first-order valence-corrected chi connectivity index (χ1v) is 8.83. The maximum atomic E-state index is 4.67. The quantitative estimate of drug-likeness (QED) is 0.912. The third kappa shape index (κ3) is 3.03.